The molecule has 0 aliphatic carbocycles. The van der Waals surface area contributed by atoms with Gasteiger partial charge in [0.05, 0.1) is 18.2 Å². The lowest BCUT2D eigenvalue weighted by Gasteiger charge is -2.28. The highest BCUT2D eigenvalue weighted by molar-refractivity contribution is 5.87. The van der Waals surface area contributed by atoms with Crippen LogP contribution in [0, 0.1) is 5.41 Å². The molecule has 1 aliphatic rings. The van der Waals surface area contributed by atoms with Crippen molar-refractivity contribution in [1.82, 2.24) is 4.57 Å². The van der Waals surface area contributed by atoms with Crippen LogP contribution in [-0.4, -0.2) is 22.8 Å². The van der Waals surface area contributed by atoms with Crippen LogP contribution in [-0.2, 0) is 6.42 Å². The van der Waals surface area contributed by atoms with Crippen molar-refractivity contribution in [1.29, 1.82) is 5.41 Å². The van der Waals surface area contributed by atoms with Crippen molar-refractivity contribution in [3.8, 4) is 17.0 Å². The Morgan fingerprint density at radius 2 is 2.19 bits per heavy atom. The molecule has 0 saturated carbocycles. The first-order valence-corrected chi connectivity index (χ1v) is 6.72. The van der Waals surface area contributed by atoms with E-state index in [0.29, 0.717) is 0 Å². The van der Waals surface area contributed by atoms with Crippen LogP contribution >= 0.6 is 0 Å². The Morgan fingerprint density at radius 1 is 1.43 bits per heavy atom. The maximum atomic E-state index is 11.2. The molecule has 2 aromatic rings. The summed E-state index contributed by atoms with van der Waals surface area (Å²) in [5, 5.41) is 17.1. The Morgan fingerprint density at radius 3 is 2.86 bits per heavy atom. The lowest BCUT2D eigenvalue weighted by Crippen LogP contribution is -2.24. The summed E-state index contributed by atoms with van der Waals surface area (Å²) in [6, 6.07) is 7.67. The van der Waals surface area contributed by atoms with E-state index in [1.165, 1.54) is 5.56 Å². The monoisotopic (exact) mass is 284 g/mol. The van der Waals surface area contributed by atoms with Crippen LogP contribution in [0.2, 0.25) is 0 Å². The Labute approximate surface area is 121 Å². The molecule has 0 fully saturated rings. The van der Waals surface area contributed by atoms with Gasteiger partial charge in [-0.1, -0.05) is 6.07 Å². The molecule has 5 heteroatoms. The number of fused-ring (bicyclic) bond motifs is 3. The molecule has 0 saturated heterocycles. The van der Waals surface area contributed by atoms with Crippen LogP contribution in [0.15, 0.2) is 30.5 Å². The second-order valence-corrected chi connectivity index (χ2v) is 5.27. The third-order valence-electron chi connectivity index (χ3n) is 3.93. The quantitative estimate of drug-likeness (QED) is 0.889. The normalized spacial score (nSPS) is 16.0. The SMILES string of the molecule is COc1ccc2c(c1)-c1cc(=N)c(C(=O)O)cn1C(C)C2. The maximum Gasteiger partial charge on any atom is 0.339 e. The molecule has 0 amide bonds. The minimum atomic E-state index is -1.07. The van der Waals surface area contributed by atoms with Gasteiger partial charge in [0.2, 0.25) is 0 Å². The van der Waals surface area contributed by atoms with Gasteiger partial charge in [0, 0.05) is 17.8 Å². The second kappa shape index (κ2) is 4.77. The number of rotatable bonds is 2. The highest BCUT2D eigenvalue weighted by atomic mass is 16.5. The van der Waals surface area contributed by atoms with Gasteiger partial charge in [-0.2, -0.15) is 0 Å². The fourth-order valence-corrected chi connectivity index (χ4v) is 2.83. The van der Waals surface area contributed by atoms with Crippen LogP contribution in [0.25, 0.3) is 11.3 Å². The molecule has 2 heterocycles. The minimum Gasteiger partial charge on any atom is -0.497 e. The zero-order valence-electron chi connectivity index (χ0n) is 11.9. The Balaban J connectivity index is 2.28. The van der Waals surface area contributed by atoms with Gasteiger partial charge in [0.15, 0.2) is 0 Å². The molecule has 1 atom stereocenters. The van der Waals surface area contributed by atoms with Crippen molar-refractivity contribution in [2.75, 3.05) is 7.11 Å². The molecule has 1 aromatic carbocycles. The van der Waals surface area contributed by atoms with E-state index in [2.05, 4.69) is 0 Å². The molecule has 1 aromatic heterocycles. The predicted molar refractivity (Wildman–Crippen MR) is 77.6 cm³/mol. The van der Waals surface area contributed by atoms with Crippen molar-refractivity contribution in [2.24, 2.45) is 0 Å². The summed E-state index contributed by atoms with van der Waals surface area (Å²) in [6.45, 7) is 2.05. The van der Waals surface area contributed by atoms with Crippen molar-refractivity contribution in [3.63, 3.8) is 0 Å². The number of hydrogen-bond donors (Lipinski definition) is 2. The van der Waals surface area contributed by atoms with E-state index < -0.39 is 5.97 Å². The average molecular weight is 284 g/mol. The second-order valence-electron chi connectivity index (χ2n) is 5.27. The lowest BCUT2D eigenvalue weighted by molar-refractivity contribution is 0.0694. The summed E-state index contributed by atoms with van der Waals surface area (Å²) in [4.78, 5) is 11.2. The third kappa shape index (κ3) is 2.11. The van der Waals surface area contributed by atoms with Crippen LogP contribution < -0.4 is 10.1 Å². The van der Waals surface area contributed by atoms with Gasteiger partial charge in [-0.05, 0) is 37.1 Å². The summed E-state index contributed by atoms with van der Waals surface area (Å²) in [5.41, 5.74) is 3.07. The number of carboxylic acid groups (broad SMARTS) is 1. The fraction of sp³-hybridized carbons (Fsp3) is 0.250. The van der Waals surface area contributed by atoms with Crippen molar-refractivity contribution >= 4 is 5.97 Å². The molecule has 108 valence electrons. The zero-order chi connectivity index (χ0) is 15.1. The molecule has 1 aliphatic heterocycles. The van der Waals surface area contributed by atoms with Crippen LogP contribution in [0.3, 0.4) is 0 Å². The number of carboxylic acids is 1. The van der Waals surface area contributed by atoms with E-state index in [1.807, 2.05) is 29.7 Å². The van der Waals surface area contributed by atoms with E-state index in [0.717, 1.165) is 23.4 Å². The van der Waals surface area contributed by atoms with E-state index >= 15 is 0 Å². The van der Waals surface area contributed by atoms with E-state index in [4.69, 9.17) is 10.1 Å². The van der Waals surface area contributed by atoms with Gasteiger partial charge in [0.25, 0.3) is 0 Å². The molecule has 21 heavy (non-hydrogen) atoms. The van der Waals surface area contributed by atoms with Gasteiger partial charge < -0.3 is 14.4 Å². The molecule has 2 N–H and O–H groups in total. The van der Waals surface area contributed by atoms with Gasteiger partial charge in [-0.15, -0.1) is 0 Å². The smallest absolute Gasteiger partial charge is 0.339 e. The number of pyridine rings is 1. The summed E-state index contributed by atoms with van der Waals surface area (Å²) in [7, 11) is 1.62. The third-order valence-corrected chi connectivity index (χ3v) is 3.93. The van der Waals surface area contributed by atoms with Gasteiger partial charge in [-0.3, -0.25) is 5.41 Å². The lowest BCUT2D eigenvalue weighted by atomic mass is 9.92. The van der Waals surface area contributed by atoms with E-state index in [9.17, 15) is 9.90 Å². The number of aromatic carboxylic acids is 1. The highest BCUT2D eigenvalue weighted by Gasteiger charge is 2.23. The number of nitrogens with zero attached hydrogens (tertiary/aromatic N) is 1. The minimum absolute atomic E-state index is 0.0246. The molecule has 3 rings (SSSR count). The highest BCUT2D eigenvalue weighted by Crippen LogP contribution is 2.35. The first-order chi connectivity index (χ1) is 10.0. The number of ether oxygens (including phenoxy) is 1. The van der Waals surface area contributed by atoms with Crippen molar-refractivity contribution in [3.05, 3.63) is 46.9 Å². The van der Waals surface area contributed by atoms with Crippen LogP contribution in [0.4, 0.5) is 0 Å². The summed E-state index contributed by atoms with van der Waals surface area (Å²) in [5.74, 6) is -0.317. The summed E-state index contributed by atoms with van der Waals surface area (Å²) >= 11 is 0. The molecule has 0 spiro atoms. The zero-order valence-corrected chi connectivity index (χ0v) is 11.9. The number of benzene rings is 1. The van der Waals surface area contributed by atoms with Crippen LogP contribution in [0.5, 0.6) is 5.75 Å². The van der Waals surface area contributed by atoms with E-state index in [-0.39, 0.29) is 17.0 Å². The molecule has 0 radical (unpaired) electrons. The van der Waals surface area contributed by atoms with Gasteiger partial charge >= 0.3 is 5.97 Å². The number of nitrogens with one attached hydrogen (secondary N) is 1. The van der Waals surface area contributed by atoms with Crippen molar-refractivity contribution in [2.45, 2.75) is 19.4 Å². The summed E-state index contributed by atoms with van der Waals surface area (Å²) < 4.78 is 7.20. The predicted octanol–water partition coefficient (Wildman–Crippen LogP) is 2.46. The topological polar surface area (TPSA) is 75.3 Å². The Hall–Kier alpha value is -2.56. The van der Waals surface area contributed by atoms with Gasteiger partial charge in [-0.25, -0.2) is 4.79 Å². The maximum absolute atomic E-state index is 11.2. The molecule has 1 unspecified atom stereocenters. The molecule has 0 bridgehead atoms. The average Bonchev–Trinajstić information content (AvgIpc) is 2.46. The Kier molecular flexibility index (Phi) is 3.05. The van der Waals surface area contributed by atoms with E-state index in [1.54, 1.807) is 19.4 Å². The number of hydrogen-bond acceptors (Lipinski definition) is 3. The first kappa shape index (κ1) is 13.4. The number of aromatic nitrogens is 1. The molecular formula is C16H16N2O3. The van der Waals surface area contributed by atoms with Gasteiger partial charge in [0.1, 0.15) is 11.3 Å². The van der Waals surface area contributed by atoms with Crippen LogP contribution in [0.1, 0.15) is 28.9 Å². The standard InChI is InChI=1S/C16H16N2O3/c1-9-5-10-3-4-11(21-2)6-12(10)15-7-14(17)13(16(19)20)8-18(9)15/h3-4,6-9,17H,5H2,1-2H3,(H,19,20). The molecular weight excluding hydrogens is 268 g/mol. The first-order valence-electron chi connectivity index (χ1n) is 6.72. The largest absolute Gasteiger partial charge is 0.497 e. The number of methoxy groups -OCH3 is 1. The number of carbonyl (C=O) groups is 1. The molecule has 5 nitrogen and oxygen atoms in total. The summed E-state index contributed by atoms with van der Waals surface area (Å²) in [6.07, 6.45) is 2.39. The van der Waals surface area contributed by atoms with Crippen molar-refractivity contribution < 1.29 is 14.6 Å². The fourth-order valence-electron chi connectivity index (χ4n) is 2.83. The Bertz CT molecular complexity index is 793.